The third-order valence-electron chi connectivity index (χ3n) is 5.06. The highest BCUT2D eigenvalue weighted by Gasteiger charge is 2.41. The predicted octanol–water partition coefficient (Wildman–Crippen LogP) is 6.85. The van der Waals surface area contributed by atoms with Crippen molar-refractivity contribution in [3.8, 4) is 0 Å². The highest BCUT2D eigenvalue weighted by molar-refractivity contribution is 8.04. The van der Waals surface area contributed by atoms with Gasteiger partial charge in [0.05, 0.1) is 10.7 Å². The Morgan fingerprint density at radius 3 is 2.22 bits per heavy atom. The van der Waals surface area contributed by atoms with Crippen molar-refractivity contribution in [3.63, 3.8) is 0 Å². The number of hydrogen-bond donors (Lipinski definition) is 1. The molecule has 1 aliphatic heterocycles. The Morgan fingerprint density at radius 2 is 1.59 bits per heavy atom. The molecular formula is C25H20Cl2N2O2S. The third kappa shape index (κ3) is 4.56. The lowest BCUT2D eigenvalue weighted by Gasteiger charge is -2.17. The lowest BCUT2D eigenvalue weighted by Crippen LogP contribution is -2.32. The van der Waals surface area contributed by atoms with Crippen molar-refractivity contribution in [2.45, 2.75) is 25.2 Å². The van der Waals surface area contributed by atoms with Gasteiger partial charge in [-0.25, -0.2) is 4.90 Å². The van der Waals surface area contributed by atoms with Gasteiger partial charge in [0.1, 0.15) is 10.6 Å². The molecule has 0 aliphatic carbocycles. The average Bonchev–Trinajstić information content (AvgIpc) is 3.00. The molecule has 7 heteroatoms. The largest absolute Gasteiger partial charge is 0.350 e. The summed E-state index contributed by atoms with van der Waals surface area (Å²) in [6, 6.07) is 20.3. The highest BCUT2D eigenvalue weighted by atomic mass is 35.5. The predicted molar refractivity (Wildman–Crippen MR) is 132 cm³/mol. The maximum atomic E-state index is 13.4. The summed E-state index contributed by atoms with van der Waals surface area (Å²) in [6.07, 6.45) is 0.914. The van der Waals surface area contributed by atoms with Gasteiger partial charge in [-0.1, -0.05) is 71.7 Å². The summed E-state index contributed by atoms with van der Waals surface area (Å²) in [5.41, 5.74) is 3.54. The number of rotatable bonds is 6. The van der Waals surface area contributed by atoms with E-state index in [1.807, 2.05) is 55.5 Å². The van der Waals surface area contributed by atoms with E-state index in [9.17, 15) is 9.59 Å². The molecule has 0 unspecified atom stereocenters. The fraction of sp³-hybridized carbons (Fsp3) is 0.120. The second-order valence-electron chi connectivity index (χ2n) is 7.34. The molecular weight excluding hydrogens is 463 g/mol. The van der Waals surface area contributed by atoms with E-state index in [0.717, 1.165) is 27.5 Å². The molecule has 4 rings (SSSR count). The number of amides is 2. The van der Waals surface area contributed by atoms with E-state index >= 15 is 0 Å². The summed E-state index contributed by atoms with van der Waals surface area (Å²) < 4.78 is 0. The number of carbonyl (C=O) groups is 2. The van der Waals surface area contributed by atoms with Crippen molar-refractivity contribution in [2.75, 3.05) is 10.2 Å². The number of nitrogens with one attached hydrogen (secondary N) is 1. The van der Waals surface area contributed by atoms with Gasteiger partial charge >= 0.3 is 0 Å². The van der Waals surface area contributed by atoms with E-state index in [1.54, 1.807) is 12.1 Å². The summed E-state index contributed by atoms with van der Waals surface area (Å²) in [6.45, 7) is 4.07. The van der Waals surface area contributed by atoms with E-state index in [2.05, 4.69) is 12.2 Å². The molecule has 0 radical (unpaired) electrons. The Kier molecular flexibility index (Phi) is 6.60. The van der Waals surface area contributed by atoms with Crippen molar-refractivity contribution in [3.05, 3.63) is 98.5 Å². The minimum Gasteiger partial charge on any atom is -0.350 e. The van der Waals surface area contributed by atoms with Gasteiger partial charge in [0.2, 0.25) is 0 Å². The molecule has 1 N–H and O–H groups in total. The van der Waals surface area contributed by atoms with E-state index in [1.165, 1.54) is 23.4 Å². The number of aryl methyl sites for hydroxylation is 2. The quantitative estimate of drug-likeness (QED) is 0.390. The van der Waals surface area contributed by atoms with Crippen molar-refractivity contribution >= 4 is 58.2 Å². The summed E-state index contributed by atoms with van der Waals surface area (Å²) in [5, 5.41) is 3.82. The van der Waals surface area contributed by atoms with Gasteiger partial charge in [-0.05, 0) is 61.4 Å². The standard InChI is InChI=1S/C25H20Cl2N2O2S/c1-3-16-6-9-18(10-7-16)28-22-23(32-19-11-4-15(2)5-12-19)25(31)29(24(22)30)21-13-8-17(26)14-20(21)27/h4-14,28H,3H2,1-2H3. The molecule has 3 aromatic rings. The molecule has 0 aromatic heterocycles. The van der Waals surface area contributed by atoms with E-state index in [-0.39, 0.29) is 10.7 Å². The highest BCUT2D eigenvalue weighted by Crippen LogP contribution is 2.40. The van der Waals surface area contributed by atoms with Crippen LogP contribution in [-0.2, 0) is 16.0 Å². The van der Waals surface area contributed by atoms with Crippen LogP contribution in [0.2, 0.25) is 10.0 Å². The van der Waals surface area contributed by atoms with E-state index in [4.69, 9.17) is 23.2 Å². The lowest BCUT2D eigenvalue weighted by atomic mass is 10.1. The zero-order chi connectivity index (χ0) is 22.8. The summed E-state index contributed by atoms with van der Waals surface area (Å²) in [7, 11) is 0. The van der Waals surface area contributed by atoms with Crippen LogP contribution in [-0.4, -0.2) is 11.8 Å². The second kappa shape index (κ2) is 9.41. The van der Waals surface area contributed by atoms with Crippen LogP contribution < -0.4 is 10.2 Å². The van der Waals surface area contributed by atoms with E-state index < -0.39 is 11.8 Å². The first kappa shape index (κ1) is 22.5. The molecule has 0 saturated heterocycles. The van der Waals surface area contributed by atoms with Crippen molar-refractivity contribution in [2.24, 2.45) is 0 Å². The number of anilines is 2. The summed E-state index contributed by atoms with van der Waals surface area (Å²) in [5.74, 6) is -0.897. The molecule has 0 fully saturated rings. The first-order valence-corrected chi connectivity index (χ1v) is 11.6. The number of nitrogens with zero attached hydrogens (tertiary/aromatic N) is 1. The molecule has 3 aromatic carbocycles. The number of carbonyl (C=O) groups excluding carboxylic acids is 2. The number of hydrogen-bond acceptors (Lipinski definition) is 4. The van der Waals surface area contributed by atoms with Crippen molar-refractivity contribution < 1.29 is 9.59 Å². The number of benzene rings is 3. The van der Waals surface area contributed by atoms with Crippen LogP contribution in [0.5, 0.6) is 0 Å². The normalized spacial score (nSPS) is 13.8. The Hall–Kier alpha value is -2.73. The van der Waals surface area contributed by atoms with E-state index in [0.29, 0.717) is 15.6 Å². The monoisotopic (exact) mass is 482 g/mol. The average molecular weight is 483 g/mol. The summed E-state index contributed by atoms with van der Waals surface area (Å²) in [4.78, 5) is 29.1. The van der Waals surface area contributed by atoms with Crippen LogP contribution in [0.1, 0.15) is 18.1 Å². The number of thioether (sulfide) groups is 1. The van der Waals surface area contributed by atoms with Crippen LogP contribution >= 0.6 is 35.0 Å². The molecule has 1 heterocycles. The van der Waals surface area contributed by atoms with Gasteiger partial charge in [0.25, 0.3) is 11.8 Å². The van der Waals surface area contributed by atoms with Gasteiger partial charge in [0.15, 0.2) is 0 Å². The van der Waals surface area contributed by atoms with Crippen LogP contribution in [0.15, 0.2) is 82.2 Å². The zero-order valence-electron chi connectivity index (χ0n) is 17.5. The smallest absolute Gasteiger partial charge is 0.283 e. The maximum Gasteiger partial charge on any atom is 0.283 e. The third-order valence-corrected chi connectivity index (χ3v) is 6.69. The first-order chi connectivity index (χ1) is 15.4. The van der Waals surface area contributed by atoms with Crippen LogP contribution in [0, 0.1) is 6.92 Å². The van der Waals surface area contributed by atoms with Gasteiger partial charge in [-0.3, -0.25) is 9.59 Å². The minimum atomic E-state index is -0.464. The molecule has 2 amide bonds. The molecule has 32 heavy (non-hydrogen) atoms. The molecule has 4 nitrogen and oxygen atoms in total. The number of imide groups is 1. The molecule has 0 atom stereocenters. The SMILES string of the molecule is CCc1ccc(NC2=C(Sc3ccc(C)cc3)C(=O)N(c3ccc(Cl)cc3Cl)C2=O)cc1. The van der Waals surface area contributed by atoms with Gasteiger partial charge in [0, 0.05) is 15.6 Å². The molecule has 162 valence electrons. The van der Waals surface area contributed by atoms with Gasteiger partial charge in [-0.2, -0.15) is 0 Å². The van der Waals surface area contributed by atoms with Gasteiger partial charge < -0.3 is 5.32 Å². The molecule has 0 spiro atoms. The van der Waals surface area contributed by atoms with Crippen molar-refractivity contribution in [1.82, 2.24) is 0 Å². The second-order valence-corrected chi connectivity index (χ2v) is 9.26. The topological polar surface area (TPSA) is 49.4 Å². The molecule has 0 bridgehead atoms. The summed E-state index contributed by atoms with van der Waals surface area (Å²) >= 11 is 13.6. The Balaban J connectivity index is 1.74. The Labute approximate surface area is 201 Å². The van der Waals surface area contributed by atoms with Crippen LogP contribution in [0.4, 0.5) is 11.4 Å². The molecule has 1 aliphatic rings. The lowest BCUT2D eigenvalue weighted by molar-refractivity contribution is -0.120. The Morgan fingerprint density at radius 1 is 0.906 bits per heavy atom. The van der Waals surface area contributed by atoms with Crippen molar-refractivity contribution in [1.29, 1.82) is 0 Å². The maximum absolute atomic E-state index is 13.4. The van der Waals surface area contributed by atoms with Gasteiger partial charge in [-0.15, -0.1) is 0 Å². The number of halogens is 2. The fourth-order valence-electron chi connectivity index (χ4n) is 3.29. The Bertz CT molecular complexity index is 1220. The zero-order valence-corrected chi connectivity index (χ0v) is 19.8. The van der Waals surface area contributed by atoms with Crippen LogP contribution in [0.3, 0.4) is 0 Å². The fourth-order valence-corrected chi connectivity index (χ4v) is 4.71. The molecule has 0 saturated carbocycles. The first-order valence-electron chi connectivity index (χ1n) is 10.1. The minimum absolute atomic E-state index is 0.218. The van der Waals surface area contributed by atoms with Crippen LogP contribution in [0.25, 0.3) is 0 Å².